The van der Waals surface area contributed by atoms with Crippen molar-refractivity contribution >= 4 is 5.97 Å². The van der Waals surface area contributed by atoms with Crippen LogP contribution < -0.4 is 0 Å². The van der Waals surface area contributed by atoms with E-state index < -0.39 is 11.4 Å². The first-order valence-corrected chi connectivity index (χ1v) is 5.51. The summed E-state index contributed by atoms with van der Waals surface area (Å²) in [5, 5.41) is 18.9. The molecule has 0 aliphatic heterocycles. The molecule has 0 amide bonds. The lowest BCUT2D eigenvalue weighted by molar-refractivity contribution is -0.147. The van der Waals surface area contributed by atoms with Crippen LogP contribution in [0.1, 0.15) is 36.0 Å². The molecule has 0 aromatic heterocycles. The maximum Gasteiger partial charge on any atom is 0.314 e. The molecule has 1 saturated carbocycles. The minimum Gasteiger partial charge on any atom is -0.508 e. The second-order valence-electron chi connectivity index (χ2n) is 4.70. The summed E-state index contributed by atoms with van der Waals surface area (Å²) in [6.45, 7) is 3.73. The van der Waals surface area contributed by atoms with E-state index in [2.05, 4.69) is 0 Å². The number of rotatable bonds is 2. The normalized spacial score (nSPS) is 17.9. The van der Waals surface area contributed by atoms with Gasteiger partial charge in [0.25, 0.3) is 0 Å². The van der Waals surface area contributed by atoms with Gasteiger partial charge < -0.3 is 10.2 Å². The van der Waals surface area contributed by atoms with Crippen molar-refractivity contribution in [3.8, 4) is 5.75 Å². The Labute approximate surface area is 94.7 Å². The summed E-state index contributed by atoms with van der Waals surface area (Å²) in [5.74, 6) is -0.533. The number of hydrogen-bond acceptors (Lipinski definition) is 2. The van der Waals surface area contributed by atoms with E-state index in [1.807, 2.05) is 13.8 Å². The van der Waals surface area contributed by atoms with E-state index in [0.29, 0.717) is 12.8 Å². The molecule has 86 valence electrons. The van der Waals surface area contributed by atoms with E-state index in [9.17, 15) is 15.0 Å². The van der Waals surface area contributed by atoms with Gasteiger partial charge in [0.15, 0.2) is 0 Å². The van der Waals surface area contributed by atoms with Crippen molar-refractivity contribution in [2.24, 2.45) is 0 Å². The van der Waals surface area contributed by atoms with Gasteiger partial charge in [0, 0.05) is 0 Å². The summed E-state index contributed by atoms with van der Waals surface area (Å²) in [7, 11) is 0. The summed E-state index contributed by atoms with van der Waals surface area (Å²) < 4.78 is 0. The Hall–Kier alpha value is -1.51. The molecular formula is C13H16O3. The van der Waals surface area contributed by atoms with Crippen LogP contribution in [0.4, 0.5) is 0 Å². The lowest BCUT2D eigenvalue weighted by Gasteiger charge is -2.40. The van der Waals surface area contributed by atoms with Gasteiger partial charge in [-0.25, -0.2) is 0 Å². The van der Waals surface area contributed by atoms with Gasteiger partial charge in [0.2, 0.25) is 0 Å². The van der Waals surface area contributed by atoms with Gasteiger partial charge >= 0.3 is 5.97 Å². The second kappa shape index (κ2) is 3.51. The first-order chi connectivity index (χ1) is 7.47. The minimum atomic E-state index is -0.740. The summed E-state index contributed by atoms with van der Waals surface area (Å²) >= 11 is 0. The van der Waals surface area contributed by atoms with Gasteiger partial charge in [0.05, 0.1) is 5.41 Å². The van der Waals surface area contributed by atoms with Gasteiger partial charge in [-0.15, -0.1) is 0 Å². The summed E-state index contributed by atoms with van der Waals surface area (Å²) in [4.78, 5) is 11.4. The zero-order valence-corrected chi connectivity index (χ0v) is 9.58. The van der Waals surface area contributed by atoms with Crippen molar-refractivity contribution in [2.45, 2.75) is 38.5 Å². The molecule has 1 aromatic rings. The molecule has 0 atom stereocenters. The number of carboxylic acids is 1. The van der Waals surface area contributed by atoms with Crippen LogP contribution in [0.5, 0.6) is 5.75 Å². The lowest BCUT2D eigenvalue weighted by Crippen LogP contribution is -2.43. The molecule has 1 fully saturated rings. The van der Waals surface area contributed by atoms with E-state index >= 15 is 0 Å². The Balaban J connectivity index is 2.59. The number of phenols is 1. The Kier molecular flexibility index (Phi) is 2.41. The van der Waals surface area contributed by atoms with Crippen molar-refractivity contribution in [2.75, 3.05) is 0 Å². The van der Waals surface area contributed by atoms with Crippen LogP contribution in [0.3, 0.4) is 0 Å². The highest BCUT2D eigenvalue weighted by molar-refractivity contribution is 5.84. The van der Waals surface area contributed by atoms with Crippen LogP contribution >= 0.6 is 0 Å². The molecule has 1 aliphatic rings. The number of aromatic hydroxyl groups is 1. The minimum absolute atomic E-state index is 0.207. The first-order valence-electron chi connectivity index (χ1n) is 5.51. The van der Waals surface area contributed by atoms with E-state index in [0.717, 1.165) is 23.1 Å². The van der Waals surface area contributed by atoms with Gasteiger partial charge in [0.1, 0.15) is 5.75 Å². The van der Waals surface area contributed by atoms with Crippen LogP contribution in [-0.2, 0) is 10.2 Å². The van der Waals surface area contributed by atoms with E-state index in [1.165, 1.54) is 0 Å². The van der Waals surface area contributed by atoms with Crippen molar-refractivity contribution in [1.29, 1.82) is 0 Å². The van der Waals surface area contributed by atoms with Crippen LogP contribution in [0.25, 0.3) is 0 Å². The molecule has 0 spiro atoms. The smallest absolute Gasteiger partial charge is 0.314 e. The number of aliphatic carboxylic acids is 1. The number of phenolic OH excluding ortho intramolecular Hbond substituents is 1. The fourth-order valence-corrected chi connectivity index (χ4v) is 2.80. The largest absolute Gasteiger partial charge is 0.508 e. The second-order valence-corrected chi connectivity index (χ2v) is 4.70. The molecule has 0 bridgehead atoms. The van der Waals surface area contributed by atoms with Crippen LogP contribution in [0.2, 0.25) is 0 Å². The zero-order chi connectivity index (χ0) is 11.9. The average molecular weight is 220 g/mol. The van der Waals surface area contributed by atoms with E-state index in [-0.39, 0.29) is 5.75 Å². The van der Waals surface area contributed by atoms with Gasteiger partial charge in [-0.05, 0) is 55.5 Å². The van der Waals surface area contributed by atoms with Crippen molar-refractivity contribution in [3.05, 3.63) is 28.8 Å². The standard InChI is InChI=1S/C13H16O3/c1-8-6-10(14)7-9(2)11(8)13(12(15)16)4-3-5-13/h6-7,14H,3-5H2,1-2H3,(H,15,16). The topological polar surface area (TPSA) is 57.5 Å². The fourth-order valence-electron chi connectivity index (χ4n) is 2.80. The number of aryl methyl sites for hydroxylation is 2. The molecular weight excluding hydrogens is 204 g/mol. The predicted molar refractivity (Wildman–Crippen MR) is 60.7 cm³/mol. The van der Waals surface area contributed by atoms with Crippen molar-refractivity contribution < 1.29 is 15.0 Å². The Morgan fingerprint density at radius 2 is 1.75 bits per heavy atom. The molecule has 0 saturated heterocycles. The zero-order valence-electron chi connectivity index (χ0n) is 9.58. The molecule has 2 N–H and O–H groups in total. The van der Waals surface area contributed by atoms with E-state index in [1.54, 1.807) is 12.1 Å². The SMILES string of the molecule is Cc1cc(O)cc(C)c1C1(C(=O)O)CCC1. The molecule has 3 nitrogen and oxygen atoms in total. The highest BCUT2D eigenvalue weighted by Crippen LogP contribution is 2.47. The van der Waals surface area contributed by atoms with Crippen molar-refractivity contribution in [3.63, 3.8) is 0 Å². The van der Waals surface area contributed by atoms with Crippen LogP contribution in [0.15, 0.2) is 12.1 Å². The van der Waals surface area contributed by atoms with Crippen LogP contribution in [-0.4, -0.2) is 16.2 Å². The first kappa shape index (κ1) is 11.0. The third kappa shape index (κ3) is 1.39. The molecule has 16 heavy (non-hydrogen) atoms. The summed E-state index contributed by atoms with van der Waals surface area (Å²) in [5.41, 5.74) is 1.94. The number of benzene rings is 1. The Morgan fingerprint density at radius 1 is 1.25 bits per heavy atom. The lowest BCUT2D eigenvalue weighted by atomic mass is 9.62. The molecule has 1 aliphatic carbocycles. The number of carbonyl (C=O) groups is 1. The van der Waals surface area contributed by atoms with Crippen molar-refractivity contribution in [1.82, 2.24) is 0 Å². The van der Waals surface area contributed by atoms with E-state index in [4.69, 9.17) is 0 Å². The maximum atomic E-state index is 11.4. The Bertz CT molecular complexity index is 421. The summed E-state index contributed by atoms with van der Waals surface area (Å²) in [6.07, 6.45) is 2.37. The number of hydrogen-bond donors (Lipinski definition) is 2. The molecule has 2 rings (SSSR count). The monoisotopic (exact) mass is 220 g/mol. The van der Waals surface area contributed by atoms with Gasteiger partial charge in [-0.2, -0.15) is 0 Å². The Morgan fingerprint density at radius 3 is 2.06 bits per heavy atom. The molecule has 3 heteroatoms. The third-order valence-corrected chi connectivity index (χ3v) is 3.61. The van der Waals surface area contributed by atoms with Crippen LogP contribution in [0, 0.1) is 13.8 Å². The third-order valence-electron chi connectivity index (χ3n) is 3.61. The molecule has 0 heterocycles. The average Bonchev–Trinajstić information content (AvgIpc) is 2.06. The van der Waals surface area contributed by atoms with Gasteiger partial charge in [-0.1, -0.05) is 6.42 Å². The molecule has 1 aromatic carbocycles. The molecule has 0 unspecified atom stereocenters. The highest BCUT2D eigenvalue weighted by Gasteiger charge is 2.47. The van der Waals surface area contributed by atoms with Gasteiger partial charge in [-0.3, -0.25) is 4.79 Å². The fraction of sp³-hybridized carbons (Fsp3) is 0.462. The predicted octanol–water partition coefficient (Wildman–Crippen LogP) is 2.52. The highest BCUT2D eigenvalue weighted by atomic mass is 16.4. The number of carboxylic acid groups (broad SMARTS) is 1. The quantitative estimate of drug-likeness (QED) is 0.805. The maximum absolute atomic E-state index is 11.4. The molecule has 0 radical (unpaired) electrons. The summed E-state index contributed by atoms with van der Waals surface area (Å²) in [6, 6.07) is 3.29.